The lowest BCUT2D eigenvalue weighted by molar-refractivity contribution is 0.0992. The van der Waals surface area contributed by atoms with E-state index in [-0.39, 0.29) is 5.78 Å². The molecule has 23 heavy (non-hydrogen) atoms. The molecule has 0 saturated heterocycles. The summed E-state index contributed by atoms with van der Waals surface area (Å²) in [5, 5.41) is 3.36. The van der Waals surface area contributed by atoms with E-state index in [0.717, 1.165) is 28.4 Å². The SMILES string of the molecule is O=C(Cc1cccc2c1Oc1ccccc1N2)c1ccccc1. The lowest BCUT2D eigenvalue weighted by Gasteiger charge is -2.23. The number of benzene rings is 3. The Bertz CT molecular complexity index is 872. The van der Waals surface area contributed by atoms with Gasteiger partial charge in [-0.15, -0.1) is 0 Å². The summed E-state index contributed by atoms with van der Waals surface area (Å²) in [5.41, 5.74) is 3.43. The molecule has 112 valence electrons. The van der Waals surface area contributed by atoms with Crippen molar-refractivity contribution in [3.63, 3.8) is 0 Å². The van der Waals surface area contributed by atoms with Crippen LogP contribution in [0.1, 0.15) is 15.9 Å². The number of nitrogens with one attached hydrogen (secondary N) is 1. The fourth-order valence-corrected chi connectivity index (χ4v) is 2.76. The molecule has 0 atom stereocenters. The highest BCUT2D eigenvalue weighted by Gasteiger charge is 2.20. The van der Waals surface area contributed by atoms with Crippen LogP contribution in [0.5, 0.6) is 11.5 Å². The van der Waals surface area contributed by atoms with Crippen LogP contribution in [0.4, 0.5) is 11.4 Å². The molecule has 0 spiro atoms. The number of hydrogen-bond acceptors (Lipinski definition) is 3. The minimum atomic E-state index is 0.0847. The molecule has 0 bridgehead atoms. The van der Waals surface area contributed by atoms with E-state index in [1.807, 2.05) is 72.8 Å². The number of carbonyl (C=O) groups excluding carboxylic acids is 1. The number of carbonyl (C=O) groups is 1. The van der Waals surface area contributed by atoms with Gasteiger partial charge in [0.25, 0.3) is 0 Å². The smallest absolute Gasteiger partial charge is 0.167 e. The van der Waals surface area contributed by atoms with Crippen molar-refractivity contribution in [2.75, 3.05) is 5.32 Å². The molecule has 0 fully saturated rings. The van der Waals surface area contributed by atoms with Crippen LogP contribution >= 0.6 is 0 Å². The van der Waals surface area contributed by atoms with Crippen LogP contribution in [0.2, 0.25) is 0 Å². The summed E-state index contributed by atoms with van der Waals surface area (Å²) in [4.78, 5) is 12.5. The number of hydrogen-bond donors (Lipinski definition) is 1. The van der Waals surface area contributed by atoms with Crippen molar-refractivity contribution in [2.45, 2.75) is 6.42 Å². The van der Waals surface area contributed by atoms with Gasteiger partial charge in [-0.2, -0.15) is 0 Å². The van der Waals surface area contributed by atoms with E-state index in [1.54, 1.807) is 0 Å². The van der Waals surface area contributed by atoms with Crippen LogP contribution in [0.3, 0.4) is 0 Å². The lowest BCUT2D eigenvalue weighted by atomic mass is 10.0. The third-order valence-corrected chi connectivity index (χ3v) is 3.91. The second kappa shape index (κ2) is 5.61. The Kier molecular flexibility index (Phi) is 3.31. The topological polar surface area (TPSA) is 38.3 Å². The molecule has 4 rings (SSSR count). The standard InChI is InChI=1S/C20H15NO2/c22-18(14-7-2-1-3-8-14)13-15-9-6-11-17-20(15)23-19-12-5-4-10-16(19)21-17/h1-12,21H,13H2. The van der Waals surface area contributed by atoms with Crippen molar-refractivity contribution in [3.05, 3.63) is 83.9 Å². The van der Waals surface area contributed by atoms with E-state index < -0.39 is 0 Å². The fourth-order valence-electron chi connectivity index (χ4n) is 2.76. The van der Waals surface area contributed by atoms with Crippen molar-refractivity contribution in [3.8, 4) is 11.5 Å². The van der Waals surface area contributed by atoms with Gasteiger partial charge in [-0.05, 0) is 18.2 Å². The van der Waals surface area contributed by atoms with E-state index >= 15 is 0 Å². The first-order valence-corrected chi connectivity index (χ1v) is 7.55. The van der Waals surface area contributed by atoms with Gasteiger partial charge < -0.3 is 10.1 Å². The molecule has 3 heteroatoms. The lowest BCUT2D eigenvalue weighted by Crippen LogP contribution is -2.08. The van der Waals surface area contributed by atoms with Crippen LogP contribution in [-0.2, 0) is 6.42 Å². The first-order valence-electron chi connectivity index (χ1n) is 7.55. The minimum Gasteiger partial charge on any atom is -0.453 e. The van der Waals surface area contributed by atoms with Crippen molar-refractivity contribution >= 4 is 17.2 Å². The molecule has 1 aliphatic rings. The first kappa shape index (κ1) is 13.6. The van der Waals surface area contributed by atoms with Crippen LogP contribution in [0, 0.1) is 0 Å². The monoisotopic (exact) mass is 301 g/mol. The Morgan fingerprint density at radius 2 is 1.57 bits per heavy atom. The number of rotatable bonds is 3. The van der Waals surface area contributed by atoms with Gasteiger partial charge in [0.1, 0.15) is 0 Å². The molecule has 3 aromatic rings. The van der Waals surface area contributed by atoms with E-state index in [1.165, 1.54) is 0 Å². The van der Waals surface area contributed by atoms with Crippen molar-refractivity contribution in [1.82, 2.24) is 0 Å². The molecular formula is C20H15NO2. The Balaban J connectivity index is 1.66. The number of ketones is 1. The molecule has 3 nitrogen and oxygen atoms in total. The second-order valence-corrected chi connectivity index (χ2v) is 5.48. The Hall–Kier alpha value is -3.07. The molecule has 1 heterocycles. The van der Waals surface area contributed by atoms with E-state index in [0.29, 0.717) is 12.0 Å². The van der Waals surface area contributed by atoms with Gasteiger partial charge in [-0.25, -0.2) is 0 Å². The molecule has 3 aromatic carbocycles. The van der Waals surface area contributed by atoms with Crippen LogP contribution in [0.25, 0.3) is 0 Å². The molecule has 0 saturated carbocycles. The zero-order valence-electron chi connectivity index (χ0n) is 12.5. The Morgan fingerprint density at radius 1 is 0.826 bits per heavy atom. The van der Waals surface area contributed by atoms with Crippen molar-refractivity contribution < 1.29 is 9.53 Å². The summed E-state index contributed by atoms with van der Waals surface area (Å²) in [6, 6.07) is 23.0. The predicted octanol–water partition coefficient (Wildman–Crippen LogP) is 4.96. The predicted molar refractivity (Wildman–Crippen MR) is 90.7 cm³/mol. The highest BCUT2D eigenvalue weighted by atomic mass is 16.5. The van der Waals surface area contributed by atoms with Crippen LogP contribution in [-0.4, -0.2) is 5.78 Å². The molecule has 0 aromatic heterocycles. The van der Waals surface area contributed by atoms with Gasteiger partial charge in [-0.3, -0.25) is 4.79 Å². The summed E-state index contributed by atoms with van der Waals surface area (Å²) in [6.07, 6.45) is 0.317. The first-order chi connectivity index (χ1) is 11.3. The zero-order chi connectivity index (χ0) is 15.6. The largest absolute Gasteiger partial charge is 0.453 e. The van der Waals surface area contributed by atoms with E-state index in [4.69, 9.17) is 4.74 Å². The average molecular weight is 301 g/mol. The Morgan fingerprint density at radius 3 is 2.43 bits per heavy atom. The minimum absolute atomic E-state index is 0.0847. The number of ether oxygens (including phenoxy) is 1. The van der Waals surface area contributed by atoms with Gasteiger partial charge in [-0.1, -0.05) is 54.6 Å². The van der Waals surface area contributed by atoms with Crippen LogP contribution in [0.15, 0.2) is 72.8 Å². The molecular weight excluding hydrogens is 286 g/mol. The van der Waals surface area contributed by atoms with Gasteiger partial charge in [0.15, 0.2) is 17.3 Å². The number of anilines is 2. The third-order valence-electron chi connectivity index (χ3n) is 3.91. The van der Waals surface area contributed by atoms with Crippen molar-refractivity contribution in [2.24, 2.45) is 0 Å². The molecule has 0 unspecified atom stereocenters. The summed E-state index contributed by atoms with van der Waals surface area (Å²) in [5.74, 6) is 1.59. The summed E-state index contributed by atoms with van der Waals surface area (Å²) < 4.78 is 6.03. The van der Waals surface area contributed by atoms with Crippen LogP contribution < -0.4 is 10.1 Å². The zero-order valence-corrected chi connectivity index (χ0v) is 12.5. The highest BCUT2D eigenvalue weighted by molar-refractivity contribution is 5.98. The van der Waals surface area contributed by atoms with Gasteiger partial charge in [0.05, 0.1) is 11.4 Å². The third kappa shape index (κ3) is 2.57. The molecule has 1 N–H and O–H groups in total. The van der Waals surface area contributed by atoms with Gasteiger partial charge >= 0.3 is 0 Å². The molecule has 0 radical (unpaired) electrons. The van der Waals surface area contributed by atoms with Gasteiger partial charge in [0.2, 0.25) is 0 Å². The molecule has 0 aliphatic carbocycles. The molecule has 0 amide bonds. The normalized spacial score (nSPS) is 11.7. The maximum absolute atomic E-state index is 12.5. The summed E-state index contributed by atoms with van der Waals surface area (Å²) in [7, 11) is 0. The highest BCUT2D eigenvalue weighted by Crippen LogP contribution is 2.43. The maximum atomic E-state index is 12.5. The van der Waals surface area contributed by atoms with Gasteiger partial charge in [0, 0.05) is 17.5 Å². The number of fused-ring (bicyclic) bond motifs is 2. The number of Topliss-reactive ketones (excluding diaryl/α,β-unsaturated/α-hetero) is 1. The second-order valence-electron chi connectivity index (χ2n) is 5.48. The van der Waals surface area contributed by atoms with E-state index in [2.05, 4.69) is 5.32 Å². The molecule has 1 aliphatic heterocycles. The summed E-state index contributed by atoms with van der Waals surface area (Å²) in [6.45, 7) is 0. The quantitative estimate of drug-likeness (QED) is 0.543. The van der Waals surface area contributed by atoms with Crippen molar-refractivity contribution in [1.29, 1.82) is 0 Å². The Labute approximate surface area is 134 Å². The number of para-hydroxylation sites is 3. The van der Waals surface area contributed by atoms with E-state index in [9.17, 15) is 4.79 Å². The fraction of sp³-hybridized carbons (Fsp3) is 0.0500. The summed E-state index contributed by atoms with van der Waals surface area (Å²) >= 11 is 0. The maximum Gasteiger partial charge on any atom is 0.167 e. The average Bonchev–Trinajstić information content (AvgIpc) is 2.61.